The van der Waals surface area contributed by atoms with Crippen molar-refractivity contribution in [3.05, 3.63) is 22.7 Å². The number of nitrogens with zero attached hydrogens (tertiary/aromatic N) is 1. The predicted molar refractivity (Wildman–Crippen MR) is 65.5 cm³/mol. The van der Waals surface area contributed by atoms with E-state index in [0.29, 0.717) is 5.69 Å². The molecule has 1 aromatic rings. The number of phenols is 1. The van der Waals surface area contributed by atoms with Crippen molar-refractivity contribution in [2.24, 2.45) is 11.7 Å². The van der Waals surface area contributed by atoms with Gasteiger partial charge in [-0.1, -0.05) is 15.9 Å². The lowest BCUT2D eigenvalue weighted by atomic mass is 10.1. The van der Waals surface area contributed by atoms with Crippen LogP contribution in [0.1, 0.15) is 6.42 Å². The average Bonchev–Trinajstić information content (AvgIpc) is 2.61. The Morgan fingerprint density at radius 1 is 1.53 bits per heavy atom. The second-order valence-electron chi connectivity index (χ2n) is 3.94. The standard InChI is InChI=1S/C11H11BrN2O3/c12-7-1-2-8(9(15)4-7)14-5-6(11(13)17)3-10(14)16/h1-2,4,6,15H,3,5H2,(H2,13,17). The van der Waals surface area contributed by atoms with Gasteiger partial charge in [-0.2, -0.15) is 0 Å². The quantitative estimate of drug-likeness (QED) is 0.854. The van der Waals surface area contributed by atoms with Crippen molar-refractivity contribution in [1.82, 2.24) is 0 Å². The molecule has 0 aliphatic carbocycles. The van der Waals surface area contributed by atoms with Crippen molar-refractivity contribution in [2.75, 3.05) is 11.4 Å². The zero-order valence-corrected chi connectivity index (χ0v) is 10.5. The zero-order chi connectivity index (χ0) is 12.6. The Kier molecular flexibility index (Phi) is 3.06. The highest BCUT2D eigenvalue weighted by molar-refractivity contribution is 9.10. The number of anilines is 1. The molecule has 1 unspecified atom stereocenters. The number of phenolic OH excluding ortho intramolecular Hbond substituents is 1. The number of benzene rings is 1. The topological polar surface area (TPSA) is 83.6 Å². The number of nitrogens with two attached hydrogens (primary N) is 1. The third-order valence-electron chi connectivity index (χ3n) is 2.76. The van der Waals surface area contributed by atoms with Crippen LogP contribution in [0, 0.1) is 5.92 Å². The second kappa shape index (κ2) is 4.37. The fourth-order valence-corrected chi connectivity index (χ4v) is 2.20. The molecule has 2 amide bonds. The Labute approximate surface area is 106 Å². The van der Waals surface area contributed by atoms with Crippen molar-refractivity contribution < 1.29 is 14.7 Å². The lowest BCUT2D eigenvalue weighted by Crippen LogP contribution is -2.28. The molecule has 3 N–H and O–H groups in total. The third kappa shape index (κ3) is 2.26. The molecule has 1 heterocycles. The first-order chi connectivity index (χ1) is 7.99. The molecular formula is C11H11BrN2O3. The van der Waals surface area contributed by atoms with Gasteiger partial charge in [0.2, 0.25) is 11.8 Å². The number of aromatic hydroxyl groups is 1. The van der Waals surface area contributed by atoms with E-state index in [2.05, 4.69) is 15.9 Å². The van der Waals surface area contributed by atoms with Gasteiger partial charge in [0.1, 0.15) is 5.75 Å². The number of halogens is 1. The van der Waals surface area contributed by atoms with E-state index in [1.165, 1.54) is 11.0 Å². The van der Waals surface area contributed by atoms with Crippen LogP contribution in [0.4, 0.5) is 5.69 Å². The Bertz CT molecular complexity index is 490. The average molecular weight is 299 g/mol. The van der Waals surface area contributed by atoms with E-state index in [4.69, 9.17) is 5.73 Å². The highest BCUT2D eigenvalue weighted by Gasteiger charge is 2.34. The summed E-state index contributed by atoms with van der Waals surface area (Å²) in [6.45, 7) is 0.226. The van der Waals surface area contributed by atoms with Gasteiger partial charge in [-0.25, -0.2) is 0 Å². The second-order valence-corrected chi connectivity index (χ2v) is 4.86. The van der Waals surface area contributed by atoms with E-state index >= 15 is 0 Å². The summed E-state index contributed by atoms with van der Waals surface area (Å²) in [6, 6.07) is 4.85. The zero-order valence-electron chi connectivity index (χ0n) is 8.89. The van der Waals surface area contributed by atoms with Crippen LogP contribution < -0.4 is 10.6 Å². The normalized spacial score (nSPS) is 19.7. The lowest BCUT2D eigenvalue weighted by molar-refractivity contribution is -0.123. The van der Waals surface area contributed by atoms with Crippen LogP contribution in [0.15, 0.2) is 22.7 Å². The van der Waals surface area contributed by atoms with Gasteiger partial charge in [-0.05, 0) is 18.2 Å². The minimum atomic E-state index is -0.488. The molecule has 1 saturated heterocycles. The summed E-state index contributed by atoms with van der Waals surface area (Å²) in [5, 5.41) is 9.75. The number of hydrogen-bond acceptors (Lipinski definition) is 3. The summed E-state index contributed by atoms with van der Waals surface area (Å²) in [6.07, 6.45) is 0.102. The van der Waals surface area contributed by atoms with Gasteiger partial charge >= 0.3 is 0 Å². The molecule has 2 rings (SSSR count). The van der Waals surface area contributed by atoms with E-state index < -0.39 is 11.8 Å². The maximum Gasteiger partial charge on any atom is 0.227 e. The molecule has 1 atom stereocenters. The first kappa shape index (κ1) is 11.9. The number of amides is 2. The highest BCUT2D eigenvalue weighted by Crippen LogP contribution is 2.34. The van der Waals surface area contributed by atoms with Gasteiger partial charge in [-0.3, -0.25) is 9.59 Å². The van der Waals surface area contributed by atoms with Crippen LogP contribution in [0.25, 0.3) is 0 Å². The fraction of sp³-hybridized carbons (Fsp3) is 0.273. The number of primary amides is 1. The molecule has 90 valence electrons. The predicted octanol–water partition coefficient (Wildman–Crippen LogP) is 0.993. The number of hydrogen-bond donors (Lipinski definition) is 2. The maximum atomic E-state index is 11.7. The molecule has 0 aromatic heterocycles. The molecule has 0 radical (unpaired) electrons. The Morgan fingerprint density at radius 3 is 2.76 bits per heavy atom. The maximum absolute atomic E-state index is 11.7. The fourth-order valence-electron chi connectivity index (χ4n) is 1.86. The number of carbonyl (C=O) groups excluding carboxylic acids is 2. The summed E-state index contributed by atoms with van der Waals surface area (Å²) < 4.78 is 0.719. The van der Waals surface area contributed by atoms with Gasteiger partial charge < -0.3 is 15.7 Å². The van der Waals surface area contributed by atoms with Crippen molar-refractivity contribution in [2.45, 2.75) is 6.42 Å². The minimum absolute atomic E-state index is 0.00199. The summed E-state index contributed by atoms with van der Waals surface area (Å²) in [5.74, 6) is -1.17. The van der Waals surface area contributed by atoms with Crippen LogP contribution in [-0.4, -0.2) is 23.5 Å². The monoisotopic (exact) mass is 298 g/mol. The molecule has 6 heteroatoms. The molecule has 17 heavy (non-hydrogen) atoms. The van der Waals surface area contributed by atoms with E-state index in [1.807, 2.05) is 0 Å². The molecule has 0 saturated carbocycles. The van der Waals surface area contributed by atoms with Crippen molar-refractivity contribution >= 4 is 33.4 Å². The molecule has 1 aliphatic heterocycles. The largest absolute Gasteiger partial charge is 0.506 e. The van der Waals surface area contributed by atoms with E-state index in [9.17, 15) is 14.7 Å². The Hall–Kier alpha value is -1.56. The van der Waals surface area contributed by atoms with Gasteiger partial charge in [0.25, 0.3) is 0 Å². The molecule has 5 nitrogen and oxygen atoms in total. The summed E-state index contributed by atoms with van der Waals surface area (Å²) in [5.41, 5.74) is 5.58. The van der Waals surface area contributed by atoms with E-state index in [0.717, 1.165) is 4.47 Å². The van der Waals surface area contributed by atoms with Crippen LogP contribution in [0.5, 0.6) is 5.75 Å². The van der Waals surface area contributed by atoms with E-state index in [-0.39, 0.29) is 24.6 Å². The van der Waals surface area contributed by atoms with Crippen LogP contribution in [-0.2, 0) is 9.59 Å². The lowest BCUT2D eigenvalue weighted by Gasteiger charge is -2.17. The Balaban J connectivity index is 2.29. The smallest absolute Gasteiger partial charge is 0.227 e. The van der Waals surface area contributed by atoms with Gasteiger partial charge in [0, 0.05) is 17.4 Å². The van der Waals surface area contributed by atoms with E-state index in [1.54, 1.807) is 12.1 Å². The molecule has 1 aliphatic rings. The van der Waals surface area contributed by atoms with Crippen LogP contribution in [0.2, 0.25) is 0 Å². The molecule has 1 fully saturated rings. The molecule has 1 aromatic carbocycles. The SMILES string of the molecule is NC(=O)C1CC(=O)N(c2ccc(Br)cc2O)C1. The highest BCUT2D eigenvalue weighted by atomic mass is 79.9. The van der Waals surface area contributed by atoms with Crippen LogP contribution in [0.3, 0.4) is 0 Å². The molecular weight excluding hydrogens is 288 g/mol. The van der Waals surface area contributed by atoms with Crippen molar-refractivity contribution in [1.29, 1.82) is 0 Å². The summed E-state index contributed by atoms with van der Waals surface area (Å²) in [4.78, 5) is 24.1. The molecule has 0 spiro atoms. The van der Waals surface area contributed by atoms with Gasteiger partial charge in [-0.15, -0.1) is 0 Å². The summed E-state index contributed by atoms with van der Waals surface area (Å²) >= 11 is 3.22. The number of rotatable bonds is 2. The van der Waals surface area contributed by atoms with Crippen LogP contribution >= 0.6 is 15.9 Å². The van der Waals surface area contributed by atoms with Crippen molar-refractivity contribution in [3.63, 3.8) is 0 Å². The van der Waals surface area contributed by atoms with Gasteiger partial charge in [0.15, 0.2) is 0 Å². The van der Waals surface area contributed by atoms with Crippen molar-refractivity contribution in [3.8, 4) is 5.75 Å². The summed E-state index contributed by atoms with van der Waals surface area (Å²) in [7, 11) is 0. The first-order valence-corrected chi connectivity index (χ1v) is 5.86. The molecule has 0 bridgehead atoms. The first-order valence-electron chi connectivity index (χ1n) is 5.07. The third-order valence-corrected chi connectivity index (χ3v) is 3.25. The van der Waals surface area contributed by atoms with Gasteiger partial charge in [0.05, 0.1) is 11.6 Å². The number of carbonyl (C=O) groups is 2. The Morgan fingerprint density at radius 2 is 2.24 bits per heavy atom. The minimum Gasteiger partial charge on any atom is -0.506 e.